The molecule has 10 rings (SSSR count). The second kappa shape index (κ2) is 11.9. The van der Waals surface area contributed by atoms with E-state index in [1.54, 1.807) is 0 Å². The minimum absolute atomic E-state index is 0.595. The largest absolute Gasteiger partial charge is 0.309 e. The number of hydrogen-bond acceptors (Lipinski definition) is 4. The molecular weight excluding hydrogens is 637 g/mol. The molecule has 6 heteroatoms. The highest BCUT2D eigenvalue weighted by Crippen LogP contribution is 2.43. The molecule has 0 N–H and O–H groups in total. The number of aromatic nitrogens is 5. The number of para-hydroxylation sites is 3. The van der Waals surface area contributed by atoms with Crippen LogP contribution in [0.2, 0.25) is 0 Å². The molecule has 0 amide bonds. The van der Waals surface area contributed by atoms with Crippen LogP contribution in [-0.2, 0) is 0 Å². The van der Waals surface area contributed by atoms with Crippen LogP contribution < -0.4 is 0 Å². The van der Waals surface area contributed by atoms with Gasteiger partial charge in [0.1, 0.15) is 0 Å². The Hall–Kier alpha value is -7.36. The van der Waals surface area contributed by atoms with Crippen LogP contribution >= 0.6 is 0 Å². The van der Waals surface area contributed by atoms with Crippen LogP contribution in [0.1, 0.15) is 5.56 Å². The number of rotatable bonds is 5. The molecule has 0 saturated heterocycles. The van der Waals surface area contributed by atoms with Crippen molar-refractivity contribution >= 4 is 43.6 Å². The first kappa shape index (κ1) is 29.5. The third-order valence-electron chi connectivity index (χ3n) is 9.79. The predicted molar refractivity (Wildman–Crippen MR) is 210 cm³/mol. The lowest BCUT2D eigenvalue weighted by atomic mass is 10.1. The summed E-state index contributed by atoms with van der Waals surface area (Å²) >= 11 is 0. The topological polar surface area (TPSA) is 72.3 Å². The van der Waals surface area contributed by atoms with Crippen LogP contribution in [0.4, 0.5) is 0 Å². The maximum Gasteiger partial charge on any atom is 0.166 e. The fourth-order valence-corrected chi connectivity index (χ4v) is 7.54. The highest BCUT2D eigenvalue weighted by Gasteiger charge is 2.23. The van der Waals surface area contributed by atoms with E-state index in [-0.39, 0.29) is 0 Å². The zero-order valence-corrected chi connectivity index (χ0v) is 27.8. The summed E-state index contributed by atoms with van der Waals surface area (Å²) < 4.78 is 4.64. The fraction of sp³-hybridized carbons (Fsp3) is 0. The number of nitrogens with zero attached hydrogens (tertiary/aromatic N) is 6. The van der Waals surface area contributed by atoms with Crippen molar-refractivity contribution in [2.24, 2.45) is 0 Å². The molecule has 3 aromatic heterocycles. The second-order valence-corrected chi connectivity index (χ2v) is 12.8. The van der Waals surface area contributed by atoms with Gasteiger partial charge in [0, 0.05) is 43.9 Å². The van der Waals surface area contributed by atoms with Crippen molar-refractivity contribution in [3.05, 3.63) is 175 Å². The molecule has 0 bridgehead atoms. The van der Waals surface area contributed by atoms with Crippen LogP contribution in [0.3, 0.4) is 0 Å². The van der Waals surface area contributed by atoms with Crippen molar-refractivity contribution in [1.29, 1.82) is 5.26 Å². The summed E-state index contributed by atoms with van der Waals surface area (Å²) in [5.41, 5.74) is 9.58. The van der Waals surface area contributed by atoms with Gasteiger partial charge in [0.25, 0.3) is 0 Å². The number of nitriles is 1. The van der Waals surface area contributed by atoms with E-state index < -0.39 is 0 Å². The molecule has 242 valence electrons. The van der Waals surface area contributed by atoms with Gasteiger partial charge in [-0.15, -0.1) is 0 Å². The average molecular weight is 665 g/mol. The molecule has 10 aromatic rings. The van der Waals surface area contributed by atoms with E-state index >= 15 is 0 Å². The Morgan fingerprint density at radius 3 is 1.75 bits per heavy atom. The maximum absolute atomic E-state index is 9.78. The van der Waals surface area contributed by atoms with Gasteiger partial charge >= 0.3 is 0 Å². The number of benzene rings is 7. The van der Waals surface area contributed by atoms with Gasteiger partial charge in [-0.25, -0.2) is 15.0 Å². The molecule has 3 heterocycles. The molecule has 0 saturated carbocycles. The quantitative estimate of drug-likeness (QED) is 0.184. The molecule has 0 aliphatic carbocycles. The van der Waals surface area contributed by atoms with Crippen molar-refractivity contribution in [2.45, 2.75) is 0 Å². The Morgan fingerprint density at radius 2 is 1.04 bits per heavy atom. The van der Waals surface area contributed by atoms with Crippen molar-refractivity contribution in [2.75, 3.05) is 0 Å². The zero-order valence-electron chi connectivity index (χ0n) is 27.8. The van der Waals surface area contributed by atoms with Crippen LogP contribution in [0, 0.1) is 11.3 Å². The Morgan fingerprint density at radius 1 is 0.442 bits per heavy atom. The molecule has 0 radical (unpaired) electrons. The molecule has 0 aliphatic rings. The first-order valence-corrected chi connectivity index (χ1v) is 17.2. The molecule has 6 nitrogen and oxygen atoms in total. The van der Waals surface area contributed by atoms with E-state index in [0.29, 0.717) is 23.0 Å². The lowest BCUT2D eigenvalue weighted by Crippen LogP contribution is -2.03. The Balaban J connectivity index is 1.31. The molecule has 52 heavy (non-hydrogen) atoms. The van der Waals surface area contributed by atoms with Crippen LogP contribution in [-0.4, -0.2) is 24.1 Å². The van der Waals surface area contributed by atoms with Gasteiger partial charge in [0.05, 0.1) is 39.4 Å². The molecule has 0 fully saturated rings. The van der Waals surface area contributed by atoms with E-state index in [4.69, 9.17) is 15.0 Å². The summed E-state index contributed by atoms with van der Waals surface area (Å²) in [4.78, 5) is 15.2. The van der Waals surface area contributed by atoms with Crippen LogP contribution in [0.5, 0.6) is 0 Å². The highest BCUT2D eigenvalue weighted by atomic mass is 15.1. The minimum atomic E-state index is 0.595. The number of fused-ring (bicyclic) bond motifs is 7. The van der Waals surface area contributed by atoms with E-state index in [2.05, 4.69) is 100 Å². The van der Waals surface area contributed by atoms with E-state index in [9.17, 15) is 5.26 Å². The van der Waals surface area contributed by atoms with Crippen molar-refractivity contribution in [3.8, 4) is 51.6 Å². The molecule has 7 aromatic carbocycles. The smallest absolute Gasteiger partial charge is 0.166 e. The lowest BCUT2D eigenvalue weighted by molar-refractivity contribution is 1.06. The van der Waals surface area contributed by atoms with Gasteiger partial charge in [0.2, 0.25) is 0 Å². The van der Waals surface area contributed by atoms with E-state index in [0.717, 1.165) is 71.7 Å². The third kappa shape index (κ3) is 4.61. The van der Waals surface area contributed by atoms with Gasteiger partial charge in [-0.3, -0.25) is 0 Å². The molecular formula is C46H28N6. The summed E-state index contributed by atoms with van der Waals surface area (Å²) in [6, 6.07) is 60.2. The van der Waals surface area contributed by atoms with E-state index in [1.165, 1.54) is 0 Å². The number of hydrogen-bond donors (Lipinski definition) is 0. The highest BCUT2D eigenvalue weighted by molar-refractivity contribution is 6.26. The van der Waals surface area contributed by atoms with Gasteiger partial charge in [-0.05, 0) is 48.5 Å². The van der Waals surface area contributed by atoms with Crippen molar-refractivity contribution in [1.82, 2.24) is 24.1 Å². The van der Waals surface area contributed by atoms with Crippen LogP contribution in [0.15, 0.2) is 170 Å². The molecule has 0 spiro atoms. The van der Waals surface area contributed by atoms with Gasteiger partial charge < -0.3 is 9.13 Å². The summed E-state index contributed by atoms with van der Waals surface area (Å²) in [5, 5.41) is 14.3. The summed E-state index contributed by atoms with van der Waals surface area (Å²) in [7, 11) is 0. The zero-order chi connectivity index (χ0) is 34.6. The first-order chi connectivity index (χ1) is 25.8. The minimum Gasteiger partial charge on any atom is -0.309 e. The fourth-order valence-electron chi connectivity index (χ4n) is 7.54. The maximum atomic E-state index is 9.78. The van der Waals surface area contributed by atoms with Crippen LogP contribution in [0.25, 0.3) is 89.2 Å². The van der Waals surface area contributed by atoms with Gasteiger partial charge in [-0.2, -0.15) is 5.26 Å². The second-order valence-electron chi connectivity index (χ2n) is 12.8. The molecule has 0 atom stereocenters. The van der Waals surface area contributed by atoms with Crippen molar-refractivity contribution < 1.29 is 0 Å². The Labute approximate surface area is 299 Å². The monoisotopic (exact) mass is 664 g/mol. The molecule has 0 unspecified atom stereocenters. The summed E-state index contributed by atoms with van der Waals surface area (Å²) in [6.07, 6.45) is 0. The first-order valence-electron chi connectivity index (χ1n) is 17.2. The summed E-state index contributed by atoms with van der Waals surface area (Å²) in [5.74, 6) is 1.83. The van der Waals surface area contributed by atoms with E-state index in [1.807, 2.05) is 84.9 Å². The van der Waals surface area contributed by atoms with Gasteiger partial charge in [-0.1, -0.05) is 121 Å². The van der Waals surface area contributed by atoms with Crippen molar-refractivity contribution in [3.63, 3.8) is 0 Å². The SMILES string of the molecule is N#Cc1cccc(-n2c3ccccc3c3c2ccc2c4ccccc4n(-c4ccccc4-c4nc(-c5ccccc5)nc(-c5ccccc5)n4)c23)c1. The van der Waals surface area contributed by atoms with Gasteiger partial charge in [0.15, 0.2) is 17.5 Å². The predicted octanol–water partition coefficient (Wildman–Crippen LogP) is 10.9. The standard InChI is InChI=1S/C46H28N6/c47-29-30-14-13-19-33(28-30)51-39-24-11-8-21-36(39)42-41(51)27-26-35-34-20-7-10-23-38(34)52(43(35)42)40-25-12-9-22-37(40)46-49-44(31-15-3-1-4-16-31)48-45(50-46)32-17-5-2-6-18-32/h1-28H. The lowest BCUT2D eigenvalue weighted by Gasteiger charge is -2.15. The molecule has 0 aliphatic heterocycles. The summed E-state index contributed by atoms with van der Waals surface area (Å²) in [6.45, 7) is 0. The normalized spacial score (nSPS) is 11.4. The third-order valence-corrected chi connectivity index (χ3v) is 9.79. The average Bonchev–Trinajstić information content (AvgIpc) is 3.74. The Kier molecular flexibility index (Phi) is 6.76. The Bertz CT molecular complexity index is 2970.